The van der Waals surface area contributed by atoms with Crippen LogP contribution < -0.4 is 0 Å². The summed E-state index contributed by atoms with van der Waals surface area (Å²) in [6.45, 7) is 3.77. The van der Waals surface area contributed by atoms with Crippen LogP contribution in [-0.4, -0.2) is 5.78 Å². The fourth-order valence-corrected chi connectivity index (χ4v) is 1.84. The SMILES string of the molecule is CC[C@H](CC(C)=O)c1ccc(Br)cc1. The van der Waals surface area contributed by atoms with Gasteiger partial charge in [-0.15, -0.1) is 0 Å². The largest absolute Gasteiger partial charge is 0.300 e. The van der Waals surface area contributed by atoms with Gasteiger partial charge in [-0.05, 0) is 37.0 Å². The second-order valence-corrected chi connectivity index (χ2v) is 4.48. The summed E-state index contributed by atoms with van der Waals surface area (Å²) in [7, 11) is 0. The van der Waals surface area contributed by atoms with Crippen molar-refractivity contribution in [3.8, 4) is 0 Å². The average Bonchev–Trinajstić information content (AvgIpc) is 2.15. The van der Waals surface area contributed by atoms with Crippen molar-refractivity contribution in [3.05, 3.63) is 34.3 Å². The van der Waals surface area contributed by atoms with Crippen LogP contribution >= 0.6 is 15.9 Å². The summed E-state index contributed by atoms with van der Waals surface area (Å²) in [6.07, 6.45) is 1.67. The van der Waals surface area contributed by atoms with Crippen LogP contribution in [0.4, 0.5) is 0 Å². The first kappa shape index (κ1) is 11.4. The Labute approximate surface area is 93.7 Å². The van der Waals surface area contributed by atoms with Crippen LogP contribution in [0.15, 0.2) is 28.7 Å². The summed E-state index contributed by atoms with van der Waals surface area (Å²) < 4.78 is 1.08. The third kappa shape index (κ3) is 3.26. The molecule has 0 saturated carbocycles. The molecule has 1 rings (SSSR count). The predicted octanol–water partition coefficient (Wildman–Crippen LogP) is 3.92. The predicted molar refractivity (Wildman–Crippen MR) is 62.5 cm³/mol. The van der Waals surface area contributed by atoms with E-state index in [1.165, 1.54) is 5.56 Å². The molecule has 0 aliphatic rings. The van der Waals surface area contributed by atoms with Crippen molar-refractivity contribution in [2.75, 3.05) is 0 Å². The summed E-state index contributed by atoms with van der Waals surface area (Å²) >= 11 is 3.40. The van der Waals surface area contributed by atoms with Gasteiger partial charge in [-0.3, -0.25) is 0 Å². The Kier molecular flexibility index (Phi) is 4.33. The van der Waals surface area contributed by atoms with Gasteiger partial charge in [0, 0.05) is 10.9 Å². The van der Waals surface area contributed by atoms with Gasteiger partial charge in [0.2, 0.25) is 0 Å². The Hall–Kier alpha value is -0.630. The molecule has 0 aliphatic heterocycles. The molecular weight excluding hydrogens is 240 g/mol. The molecule has 0 heterocycles. The lowest BCUT2D eigenvalue weighted by atomic mass is 9.92. The molecule has 0 N–H and O–H groups in total. The van der Waals surface area contributed by atoms with Crippen molar-refractivity contribution in [3.63, 3.8) is 0 Å². The Morgan fingerprint density at radius 3 is 2.36 bits per heavy atom. The monoisotopic (exact) mass is 254 g/mol. The first-order valence-corrected chi connectivity index (χ1v) is 5.67. The van der Waals surface area contributed by atoms with Crippen LogP contribution in [0.5, 0.6) is 0 Å². The molecule has 2 heteroatoms. The Balaban J connectivity index is 2.78. The molecule has 1 nitrogen and oxygen atoms in total. The lowest BCUT2D eigenvalue weighted by molar-refractivity contribution is -0.117. The number of halogens is 1. The van der Waals surface area contributed by atoms with E-state index in [2.05, 4.69) is 35.0 Å². The number of hydrogen-bond acceptors (Lipinski definition) is 1. The summed E-state index contributed by atoms with van der Waals surface area (Å²) in [6, 6.07) is 8.22. The summed E-state index contributed by atoms with van der Waals surface area (Å²) in [5.41, 5.74) is 1.26. The molecule has 1 aromatic carbocycles. The van der Waals surface area contributed by atoms with E-state index in [9.17, 15) is 4.79 Å². The standard InChI is InChI=1S/C12H15BrO/c1-3-10(8-9(2)14)11-4-6-12(13)7-5-11/h4-7,10H,3,8H2,1-2H3/t10-/m1/s1. The van der Waals surface area contributed by atoms with Crippen LogP contribution in [0.25, 0.3) is 0 Å². The fraction of sp³-hybridized carbons (Fsp3) is 0.417. The van der Waals surface area contributed by atoms with Crippen molar-refractivity contribution in [2.24, 2.45) is 0 Å². The average molecular weight is 255 g/mol. The van der Waals surface area contributed by atoms with E-state index in [-0.39, 0.29) is 5.78 Å². The zero-order valence-electron chi connectivity index (χ0n) is 8.59. The minimum absolute atomic E-state index is 0.264. The molecule has 0 fully saturated rings. The Morgan fingerprint density at radius 2 is 1.93 bits per heavy atom. The van der Waals surface area contributed by atoms with Gasteiger partial charge in [0.1, 0.15) is 5.78 Å². The molecule has 1 atom stereocenters. The van der Waals surface area contributed by atoms with Crippen molar-refractivity contribution >= 4 is 21.7 Å². The van der Waals surface area contributed by atoms with E-state index in [0.29, 0.717) is 12.3 Å². The maximum atomic E-state index is 11.0. The van der Waals surface area contributed by atoms with Crippen molar-refractivity contribution < 1.29 is 4.79 Å². The molecule has 0 aliphatic carbocycles. The number of benzene rings is 1. The van der Waals surface area contributed by atoms with Gasteiger partial charge < -0.3 is 4.79 Å². The van der Waals surface area contributed by atoms with Crippen molar-refractivity contribution in [1.82, 2.24) is 0 Å². The number of ketones is 1. The van der Waals surface area contributed by atoms with Gasteiger partial charge in [0.05, 0.1) is 0 Å². The van der Waals surface area contributed by atoms with Crippen LogP contribution in [0.2, 0.25) is 0 Å². The number of hydrogen-bond donors (Lipinski definition) is 0. The molecular formula is C12H15BrO. The van der Waals surface area contributed by atoms with E-state index >= 15 is 0 Å². The van der Waals surface area contributed by atoms with Gasteiger partial charge in [-0.2, -0.15) is 0 Å². The molecule has 0 spiro atoms. The van der Waals surface area contributed by atoms with Crippen LogP contribution in [0.1, 0.15) is 38.2 Å². The number of carbonyl (C=O) groups excluding carboxylic acids is 1. The maximum absolute atomic E-state index is 11.0. The first-order chi connectivity index (χ1) is 6.63. The second-order valence-electron chi connectivity index (χ2n) is 3.56. The van der Waals surface area contributed by atoms with E-state index < -0.39 is 0 Å². The topological polar surface area (TPSA) is 17.1 Å². The smallest absolute Gasteiger partial charge is 0.130 e. The summed E-state index contributed by atoms with van der Waals surface area (Å²) in [4.78, 5) is 11.0. The van der Waals surface area contributed by atoms with Gasteiger partial charge in [0.25, 0.3) is 0 Å². The molecule has 0 bridgehead atoms. The first-order valence-electron chi connectivity index (χ1n) is 4.88. The fourth-order valence-electron chi connectivity index (χ4n) is 1.58. The molecule has 14 heavy (non-hydrogen) atoms. The van der Waals surface area contributed by atoms with E-state index in [1.54, 1.807) is 6.92 Å². The van der Waals surface area contributed by atoms with Gasteiger partial charge >= 0.3 is 0 Å². The molecule has 0 saturated heterocycles. The van der Waals surface area contributed by atoms with Crippen LogP contribution in [0.3, 0.4) is 0 Å². The number of carbonyl (C=O) groups is 1. The van der Waals surface area contributed by atoms with E-state index in [1.807, 2.05) is 12.1 Å². The summed E-state index contributed by atoms with van der Waals surface area (Å²) in [5, 5.41) is 0. The molecule has 76 valence electrons. The highest BCUT2D eigenvalue weighted by molar-refractivity contribution is 9.10. The van der Waals surface area contributed by atoms with Crippen molar-refractivity contribution in [1.29, 1.82) is 0 Å². The van der Waals surface area contributed by atoms with Crippen LogP contribution in [0, 0.1) is 0 Å². The van der Waals surface area contributed by atoms with Gasteiger partial charge in [-0.1, -0.05) is 35.0 Å². The zero-order chi connectivity index (χ0) is 10.6. The zero-order valence-corrected chi connectivity index (χ0v) is 10.2. The second kappa shape index (κ2) is 5.30. The lowest BCUT2D eigenvalue weighted by Gasteiger charge is -2.13. The van der Waals surface area contributed by atoms with Gasteiger partial charge in [0.15, 0.2) is 0 Å². The normalized spacial score (nSPS) is 12.5. The highest BCUT2D eigenvalue weighted by Crippen LogP contribution is 2.24. The van der Waals surface area contributed by atoms with Crippen molar-refractivity contribution in [2.45, 2.75) is 32.6 Å². The number of Topliss-reactive ketones (excluding diaryl/α,β-unsaturated/α-hetero) is 1. The Morgan fingerprint density at radius 1 is 1.36 bits per heavy atom. The third-order valence-corrected chi connectivity index (χ3v) is 2.90. The molecule has 0 unspecified atom stereocenters. The van der Waals surface area contributed by atoms with E-state index in [0.717, 1.165) is 10.9 Å². The third-order valence-electron chi connectivity index (χ3n) is 2.37. The lowest BCUT2D eigenvalue weighted by Crippen LogP contribution is -2.02. The highest BCUT2D eigenvalue weighted by atomic mass is 79.9. The number of rotatable bonds is 4. The summed E-state index contributed by atoms with van der Waals surface area (Å²) in [5.74, 6) is 0.639. The van der Waals surface area contributed by atoms with Gasteiger partial charge in [-0.25, -0.2) is 0 Å². The molecule has 1 aromatic rings. The Bertz CT molecular complexity index is 303. The molecule has 0 amide bonds. The molecule has 0 aromatic heterocycles. The van der Waals surface area contributed by atoms with Crippen LogP contribution in [-0.2, 0) is 4.79 Å². The minimum atomic E-state index is 0.264. The molecule has 0 radical (unpaired) electrons. The quantitative estimate of drug-likeness (QED) is 0.796. The minimum Gasteiger partial charge on any atom is -0.300 e. The highest BCUT2D eigenvalue weighted by Gasteiger charge is 2.11. The van der Waals surface area contributed by atoms with E-state index in [4.69, 9.17) is 0 Å². The maximum Gasteiger partial charge on any atom is 0.130 e.